The zero-order valence-corrected chi connectivity index (χ0v) is 8.87. The number of amides is 1. The lowest BCUT2D eigenvalue weighted by Gasteiger charge is -2.39. The molecule has 0 aromatic rings. The molecule has 80 valence electrons. The van der Waals surface area contributed by atoms with Crippen LogP contribution in [0.1, 0.15) is 27.2 Å². The molecule has 0 bridgehead atoms. The van der Waals surface area contributed by atoms with E-state index in [0.717, 1.165) is 0 Å². The van der Waals surface area contributed by atoms with Crippen molar-refractivity contribution in [3.8, 4) is 0 Å². The molecule has 1 N–H and O–H groups in total. The van der Waals surface area contributed by atoms with Crippen molar-refractivity contribution in [2.45, 2.75) is 33.2 Å². The second-order valence-corrected chi connectivity index (χ2v) is 4.01. The molecule has 1 heterocycles. The first kappa shape index (κ1) is 11.0. The first-order chi connectivity index (χ1) is 6.52. The van der Waals surface area contributed by atoms with E-state index in [4.69, 9.17) is 4.74 Å². The first-order valence-corrected chi connectivity index (χ1v) is 4.96. The van der Waals surface area contributed by atoms with Gasteiger partial charge in [-0.05, 0) is 5.92 Å². The molecule has 14 heavy (non-hydrogen) atoms. The summed E-state index contributed by atoms with van der Waals surface area (Å²) in [5.74, 6) is 0.293. The van der Waals surface area contributed by atoms with Gasteiger partial charge in [0.25, 0.3) is 0 Å². The second kappa shape index (κ2) is 4.44. The average molecular weight is 199 g/mol. The highest BCUT2D eigenvalue weighted by Gasteiger charge is 2.40. The van der Waals surface area contributed by atoms with E-state index >= 15 is 0 Å². The van der Waals surface area contributed by atoms with E-state index in [1.807, 2.05) is 13.8 Å². The van der Waals surface area contributed by atoms with Crippen molar-refractivity contribution >= 4 is 11.9 Å². The fourth-order valence-corrected chi connectivity index (χ4v) is 1.80. The summed E-state index contributed by atoms with van der Waals surface area (Å²) in [5, 5.41) is 2.82. The fourth-order valence-electron chi connectivity index (χ4n) is 1.80. The van der Waals surface area contributed by atoms with Gasteiger partial charge in [-0.3, -0.25) is 9.59 Å². The topological polar surface area (TPSA) is 55.4 Å². The molecule has 0 aromatic carbocycles. The number of hydrogen-bond donors (Lipinski definition) is 1. The largest absolute Gasteiger partial charge is 0.466 e. The maximum Gasteiger partial charge on any atom is 0.302 e. The molecule has 1 aliphatic heterocycles. The Morgan fingerprint density at radius 2 is 2.21 bits per heavy atom. The Kier molecular flexibility index (Phi) is 3.49. The van der Waals surface area contributed by atoms with E-state index < -0.39 is 0 Å². The van der Waals surface area contributed by atoms with Crippen LogP contribution in [-0.2, 0) is 14.3 Å². The number of rotatable bonds is 4. The van der Waals surface area contributed by atoms with Crippen LogP contribution in [0.5, 0.6) is 0 Å². The van der Waals surface area contributed by atoms with E-state index in [0.29, 0.717) is 18.9 Å². The number of carbonyl (C=O) groups is 2. The number of hydrogen-bond acceptors (Lipinski definition) is 3. The summed E-state index contributed by atoms with van der Waals surface area (Å²) >= 11 is 0. The van der Waals surface area contributed by atoms with Gasteiger partial charge in [0.15, 0.2) is 0 Å². The van der Waals surface area contributed by atoms with Crippen molar-refractivity contribution in [2.24, 2.45) is 11.8 Å². The molecule has 4 nitrogen and oxygen atoms in total. The Hall–Kier alpha value is -1.06. The van der Waals surface area contributed by atoms with Crippen molar-refractivity contribution in [1.82, 2.24) is 5.32 Å². The lowest BCUT2D eigenvalue weighted by atomic mass is 9.80. The Bertz CT molecular complexity index is 238. The normalized spacial score (nSPS) is 25.6. The summed E-state index contributed by atoms with van der Waals surface area (Å²) in [6.07, 6.45) is 0.716. The highest BCUT2D eigenvalue weighted by Crippen LogP contribution is 2.25. The van der Waals surface area contributed by atoms with Crippen molar-refractivity contribution in [2.75, 3.05) is 6.61 Å². The van der Waals surface area contributed by atoms with Crippen LogP contribution < -0.4 is 5.32 Å². The van der Waals surface area contributed by atoms with Gasteiger partial charge in [0, 0.05) is 19.4 Å². The van der Waals surface area contributed by atoms with Crippen LogP contribution in [0.25, 0.3) is 0 Å². The van der Waals surface area contributed by atoms with Crippen LogP contribution in [-0.4, -0.2) is 24.5 Å². The van der Waals surface area contributed by atoms with Crippen LogP contribution >= 0.6 is 0 Å². The van der Waals surface area contributed by atoms with Gasteiger partial charge in [0.05, 0.1) is 12.5 Å². The number of β-lactam (4-membered cyclic amide) rings is 1. The lowest BCUT2D eigenvalue weighted by Crippen LogP contribution is -2.60. The van der Waals surface area contributed by atoms with Crippen LogP contribution in [0.3, 0.4) is 0 Å². The molecule has 1 aliphatic rings. The molecule has 0 saturated carbocycles. The lowest BCUT2D eigenvalue weighted by molar-refractivity contribution is -0.142. The zero-order chi connectivity index (χ0) is 10.7. The Morgan fingerprint density at radius 1 is 1.57 bits per heavy atom. The molecule has 4 heteroatoms. The summed E-state index contributed by atoms with van der Waals surface area (Å²) < 4.78 is 4.82. The number of carbonyl (C=O) groups excluding carboxylic acids is 2. The molecule has 0 aromatic heterocycles. The van der Waals surface area contributed by atoms with Gasteiger partial charge in [-0.15, -0.1) is 0 Å². The quantitative estimate of drug-likeness (QED) is 0.536. The molecule has 1 rings (SSSR count). The standard InChI is InChI=1S/C10H17NO3/c1-6(2)9-8(11-10(9)13)4-5-14-7(3)12/h6,8-9H,4-5H2,1-3H3,(H,11,13). The maximum absolute atomic E-state index is 11.2. The van der Waals surface area contributed by atoms with E-state index in [1.54, 1.807) is 0 Å². The summed E-state index contributed by atoms with van der Waals surface area (Å²) in [7, 11) is 0. The Morgan fingerprint density at radius 3 is 2.64 bits per heavy atom. The number of nitrogens with one attached hydrogen (secondary N) is 1. The van der Waals surface area contributed by atoms with Gasteiger partial charge in [-0.2, -0.15) is 0 Å². The Balaban J connectivity index is 2.26. The van der Waals surface area contributed by atoms with E-state index in [9.17, 15) is 9.59 Å². The second-order valence-electron chi connectivity index (χ2n) is 4.01. The molecule has 0 radical (unpaired) electrons. The van der Waals surface area contributed by atoms with Gasteiger partial charge in [0.2, 0.25) is 5.91 Å². The molecule has 0 aliphatic carbocycles. The number of ether oxygens (including phenoxy) is 1. The fraction of sp³-hybridized carbons (Fsp3) is 0.800. The molecule has 1 saturated heterocycles. The number of esters is 1. The van der Waals surface area contributed by atoms with Crippen LogP contribution in [0.15, 0.2) is 0 Å². The summed E-state index contributed by atoms with van der Waals surface area (Å²) in [6.45, 7) is 5.84. The van der Waals surface area contributed by atoms with Crippen molar-refractivity contribution in [3.05, 3.63) is 0 Å². The van der Waals surface area contributed by atoms with Crippen molar-refractivity contribution in [3.63, 3.8) is 0 Å². The minimum Gasteiger partial charge on any atom is -0.466 e. The van der Waals surface area contributed by atoms with Gasteiger partial charge in [-0.1, -0.05) is 13.8 Å². The van der Waals surface area contributed by atoms with Gasteiger partial charge >= 0.3 is 5.97 Å². The molecule has 1 fully saturated rings. The molecular formula is C10H17NO3. The van der Waals surface area contributed by atoms with Crippen LogP contribution in [0, 0.1) is 11.8 Å². The predicted molar refractivity (Wildman–Crippen MR) is 51.5 cm³/mol. The Labute approximate surface area is 84.0 Å². The van der Waals surface area contributed by atoms with E-state index in [1.165, 1.54) is 6.92 Å². The molecule has 2 atom stereocenters. The summed E-state index contributed by atoms with van der Waals surface area (Å²) in [6, 6.07) is 0.182. The highest BCUT2D eigenvalue weighted by atomic mass is 16.5. The van der Waals surface area contributed by atoms with Crippen molar-refractivity contribution in [1.29, 1.82) is 0 Å². The van der Waals surface area contributed by atoms with Crippen LogP contribution in [0.4, 0.5) is 0 Å². The summed E-state index contributed by atoms with van der Waals surface area (Å²) in [4.78, 5) is 21.7. The average Bonchev–Trinajstić information content (AvgIpc) is 2.00. The monoisotopic (exact) mass is 199 g/mol. The highest BCUT2D eigenvalue weighted by molar-refractivity contribution is 5.86. The third-order valence-corrected chi connectivity index (χ3v) is 2.52. The molecular weight excluding hydrogens is 182 g/mol. The predicted octanol–water partition coefficient (Wildman–Crippen LogP) is 0.710. The summed E-state index contributed by atoms with van der Waals surface area (Å²) in [5.41, 5.74) is 0. The third-order valence-electron chi connectivity index (χ3n) is 2.52. The van der Waals surface area contributed by atoms with E-state index in [-0.39, 0.29) is 23.8 Å². The maximum atomic E-state index is 11.2. The van der Waals surface area contributed by atoms with Gasteiger partial charge < -0.3 is 10.1 Å². The van der Waals surface area contributed by atoms with Crippen LogP contribution in [0.2, 0.25) is 0 Å². The van der Waals surface area contributed by atoms with Crippen molar-refractivity contribution < 1.29 is 14.3 Å². The smallest absolute Gasteiger partial charge is 0.302 e. The molecule has 1 amide bonds. The molecule has 2 unspecified atom stereocenters. The minimum absolute atomic E-state index is 0.0885. The van der Waals surface area contributed by atoms with Gasteiger partial charge in [-0.25, -0.2) is 0 Å². The SMILES string of the molecule is CC(=O)OCCC1NC(=O)C1C(C)C. The third kappa shape index (κ3) is 2.47. The molecule has 0 spiro atoms. The zero-order valence-electron chi connectivity index (χ0n) is 8.87. The minimum atomic E-state index is -0.267. The first-order valence-electron chi connectivity index (χ1n) is 4.96. The van der Waals surface area contributed by atoms with Gasteiger partial charge in [0.1, 0.15) is 0 Å². The van der Waals surface area contributed by atoms with E-state index in [2.05, 4.69) is 5.32 Å².